The van der Waals surface area contributed by atoms with Gasteiger partial charge in [0.1, 0.15) is 5.76 Å². The number of imide groups is 2. The fourth-order valence-corrected chi connectivity index (χ4v) is 1.82. The van der Waals surface area contributed by atoms with E-state index in [0.29, 0.717) is 5.76 Å². The third-order valence-electron chi connectivity index (χ3n) is 3.01. The highest BCUT2D eigenvalue weighted by Gasteiger charge is 2.46. The van der Waals surface area contributed by atoms with Crippen LogP contribution in [0.1, 0.15) is 5.76 Å². The highest BCUT2D eigenvalue weighted by Crippen LogP contribution is 2.15. The predicted octanol–water partition coefficient (Wildman–Crippen LogP) is -0.438. The Balaban J connectivity index is 2.09. The average Bonchev–Trinajstić information content (AvgIpc) is 2.94. The second-order valence-electron chi connectivity index (χ2n) is 4.31. The third kappa shape index (κ3) is 2.27. The second kappa shape index (κ2) is 5.16. The first-order valence-electron chi connectivity index (χ1n) is 5.82. The van der Waals surface area contributed by atoms with E-state index in [1.807, 2.05) is 0 Å². The summed E-state index contributed by atoms with van der Waals surface area (Å²) in [5.74, 6) is -3.49. The van der Waals surface area contributed by atoms with Crippen LogP contribution in [0.25, 0.3) is 0 Å². The van der Waals surface area contributed by atoms with Gasteiger partial charge in [-0.1, -0.05) is 0 Å². The van der Waals surface area contributed by atoms with Crippen LogP contribution in [-0.4, -0.2) is 47.6 Å². The molecule has 1 N–H and O–H groups in total. The summed E-state index contributed by atoms with van der Waals surface area (Å²) in [6, 6.07) is 2.54. The van der Waals surface area contributed by atoms with Crippen LogP contribution in [0, 0.1) is 5.92 Å². The molecule has 1 fully saturated rings. The van der Waals surface area contributed by atoms with E-state index in [1.165, 1.54) is 20.4 Å². The Labute approximate surface area is 114 Å². The molecule has 1 aromatic heterocycles. The average molecular weight is 279 g/mol. The van der Waals surface area contributed by atoms with Gasteiger partial charge in [-0.25, -0.2) is 4.79 Å². The molecule has 2 heterocycles. The van der Waals surface area contributed by atoms with E-state index in [-0.39, 0.29) is 6.54 Å². The summed E-state index contributed by atoms with van der Waals surface area (Å²) in [6.07, 6.45) is 1.44. The Morgan fingerprint density at radius 3 is 2.35 bits per heavy atom. The summed E-state index contributed by atoms with van der Waals surface area (Å²) in [4.78, 5) is 48.7. The molecule has 0 atom stereocenters. The van der Waals surface area contributed by atoms with Crippen molar-refractivity contribution in [3.8, 4) is 0 Å². The summed E-state index contributed by atoms with van der Waals surface area (Å²) in [5.41, 5.74) is 0. The Kier molecular flexibility index (Phi) is 3.55. The molecule has 0 spiro atoms. The minimum Gasteiger partial charge on any atom is -0.467 e. The van der Waals surface area contributed by atoms with Gasteiger partial charge in [0.15, 0.2) is 5.92 Å². The smallest absolute Gasteiger partial charge is 0.332 e. The van der Waals surface area contributed by atoms with Crippen molar-refractivity contribution in [1.82, 2.24) is 15.1 Å². The Bertz CT molecular complexity index is 542. The summed E-state index contributed by atoms with van der Waals surface area (Å²) < 4.78 is 5.02. The number of carbonyl (C=O) groups is 4. The van der Waals surface area contributed by atoms with E-state index in [2.05, 4.69) is 5.32 Å². The number of nitrogens with one attached hydrogen (secondary N) is 1. The normalized spacial score (nSPS) is 16.8. The molecule has 0 bridgehead atoms. The maximum absolute atomic E-state index is 12.0. The fraction of sp³-hybridized carbons (Fsp3) is 0.333. The first kappa shape index (κ1) is 13.8. The largest absolute Gasteiger partial charge is 0.467 e. The SMILES string of the molecule is CN1C(=O)C(C(=O)NCc2ccco2)C(=O)N(C)C1=O. The number of amides is 5. The maximum atomic E-state index is 12.0. The molecule has 0 aromatic carbocycles. The molecule has 0 saturated carbocycles. The van der Waals surface area contributed by atoms with Gasteiger partial charge >= 0.3 is 6.03 Å². The molecule has 1 aliphatic heterocycles. The van der Waals surface area contributed by atoms with Gasteiger partial charge in [-0.15, -0.1) is 0 Å². The molecule has 8 nitrogen and oxygen atoms in total. The van der Waals surface area contributed by atoms with E-state index in [1.54, 1.807) is 12.1 Å². The van der Waals surface area contributed by atoms with Gasteiger partial charge in [0.2, 0.25) is 5.91 Å². The standard InChI is InChI=1S/C12H13N3O5/c1-14-10(17)8(11(18)15(2)12(14)19)9(16)13-6-7-4-3-5-20-7/h3-5,8H,6H2,1-2H3,(H,13,16). The summed E-state index contributed by atoms with van der Waals surface area (Å²) in [5, 5.41) is 2.43. The van der Waals surface area contributed by atoms with Crippen LogP contribution in [-0.2, 0) is 20.9 Å². The van der Waals surface area contributed by atoms with Crippen LogP contribution in [0.2, 0.25) is 0 Å². The summed E-state index contributed by atoms with van der Waals surface area (Å²) in [6.45, 7) is 0.0598. The number of furan rings is 1. The van der Waals surface area contributed by atoms with Gasteiger partial charge in [0, 0.05) is 14.1 Å². The topological polar surface area (TPSA) is 99.9 Å². The summed E-state index contributed by atoms with van der Waals surface area (Å²) in [7, 11) is 2.45. The van der Waals surface area contributed by atoms with E-state index in [9.17, 15) is 19.2 Å². The van der Waals surface area contributed by atoms with Gasteiger partial charge in [0.25, 0.3) is 11.8 Å². The third-order valence-corrected chi connectivity index (χ3v) is 3.01. The molecule has 0 aliphatic carbocycles. The van der Waals surface area contributed by atoms with Gasteiger partial charge in [-0.2, -0.15) is 0 Å². The molecular weight excluding hydrogens is 266 g/mol. The van der Waals surface area contributed by atoms with Crippen LogP contribution in [0.15, 0.2) is 22.8 Å². The lowest BCUT2D eigenvalue weighted by Gasteiger charge is -2.31. The number of rotatable bonds is 3. The predicted molar refractivity (Wildman–Crippen MR) is 65.0 cm³/mol. The lowest BCUT2D eigenvalue weighted by Crippen LogP contribution is -2.60. The minimum atomic E-state index is -1.54. The highest BCUT2D eigenvalue weighted by molar-refractivity contribution is 6.25. The van der Waals surface area contributed by atoms with Crippen molar-refractivity contribution in [2.75, 3.05) is 14.1 Å². The fourth-order valence-electron chi connectivity index (χ4n) is 1.82. The van der Waals surface area contributed by atoms with Crippen LogP contribution in [0.5, 0.6) is 0 Å². The Morgan fingerprint density at radius 2 is 1.85 bits per heavy atom. The molecule has 0 unspecified atom stereocenters. The molecule has 1 aliphatic rings. The van der Waals surface area contributed by atoms with E-state index in [4.69, 9.17) is 4.42 Å². The van der Waals surface area contributed by atoms with Crippen molar-refractivity contribution in [1.29, 1.82) is 0 Å². The van der Waals surface area contributed by atoms with Gasteiger partial charge in [0.05, 0.1) is 12.8 Å². The molecule has 5 amide bonds. The highest BCUT2D eigenvalue weighted by atomic mass is 16.3. The number of nitrogens with zero attached hydrogens (tertiary/aromatic N) is 2. The second-order valence-corrected chi connectivity index (χ2v) is 4.31. The lowest BCUT2D eigenvalue weighted by atomic mass is 10.0. The number of carbonyl (C=O) groups excluding carboxylic acids is 4. The van der Waals surface area contributed by atoms with Crippen molar-refractivity contribution in [2.24, 2.45) is 5.92 Å². The molecule has 106 valence electrons. The van der Waals surface area contributed by atoms with Crippen LogP contribution < -0.4 is 5.32 Å². The van der Waals surface area contributed by atoms with Crippen LogP contribution >= 0.6 is 0 Å². The van der Waals surface area contributed by atoms with Gasteiger partial charge in [-0.3, -0.25) is 24.2 Å². The van der Waals surface area contributed by atoms with Gasteiger partial charge < -0.3 is 9.73 Å². The van der Waals surface area contributed by atoms with E-state index in [0.717, 1.165) is 9.80 Å². The van der Waals surface area contributed by atoms with Crippen molar-refractivity contribution < 1.29 is 23.6 Å². The monoisotopic (exact) mass is 279 g/mol. The molecule has 1 saturated heterocycles. The van der Waals surface area contributed by atoms with E-state index < -0.39 is 29.7 Å². The first-order chi connectivity index (χ1) is 9.43. The Hall–Kier alpha value is -2.64. The number of hydrogen-bond donors (Lipinski definition) is 1. The van der Waals surface area contributed by atoms with Crippen molar-refractivity contribution in [3.05, 3.63) is 24.2 Å². The van der Waals surface area contributed by atoms with Crippen molar-refractivity contribution in [2.45, 2.75) is 6.54 Å². The van der Waals surface area contributed by atoms with Crippen molar-refractivity contribution in [3.63, 3.8) is 0 Å². The molecule has 20 heavy (non-hydrogen) atoms. The van der Waals surface area contributed by atoms with Gasteiger partial charge in [-0.05, 0) is 12.1 Å². The zero-order valence-corrected chi connectivity index (χ0v) is 11.0. The molecule has 0 radical (unpaired) electrons. The number of urea groups is 1. The molecular formula is C12H13N3O5. The maximum Gasteiger partial charge on any atom is 0.332 e. The van der Waals surface area contributed by atoms with E-state index >= 15 is 0 Å². The number of hydrogen-bond acceptors (Lipinski definition) is 5. The molecule has 1 aromatic rings. The zero-order valence-electron chi connectivity index (χ0n) is 11.0. The lowest BCUT2D eigenvalue weighted by molar-refractivity contribution is -0.152. The van der Waals surface area contributed by atoms with Crippen molar-refractivity contribution >= 4 is 23.8 Å². The quantitative estimate of drug-likeness (QED) is 0.756. The van der Waals surface area contributed by atoms with Crippen LogP contribution in [0.4, 0.5) is 4.79 Å². The number of barbiturate groups is 1. The zero-order chi connectivity index (χ0) is 14.9. The summed E-state index contributed by atoms with van der Waals surface area (Å²) >= 11 is 0. The Morgan fingerprint density at radius 1 is 1.25 bits per heavy atom. The molecule has 8 heteroatoms. The first-order valence-corrected chi connectivity index (χ1v) is 5.82. The molecule has 2 rings (SSSR count). The van der Waals surface area contributed by atoms with Crippen LogP contribution in [0.3, 0.4) is 0 Å². The minimum absolute atomic E-state index is 0.0598.